The van der Waals surface area contributed by atoms with Gasteiger partial charge in [0.2, 0.25) is 0 Å². The molecular formula is C86H106N2O5. The Balaban J connectivity index is 0.910. The third kappa shape index (κ3) is 8.66. The van der Waals surface area contributed by atoms with Crippen molar-refractivity contribution in [2.75, 3.05) is 13.1 Å². The summed E-state index contributed by atoms with van der Waals surface area (Å²) in [6.07, 6.45) is 45.4. The van der Waals surface area contributed by atoms with Gasteiger partial charge in [0.1, 0.15) is 0 Å². The molecule has 15 bridgehead atoms. The Kier molecular flexibility index (Phi) is 14.9. The van der Waals surface area contributed by atoms with E-state index in [9.17, 15) is 20.4 Å². The van der Waals surface area contributed by atoms with E-state index in [1.807, 2.05) is 0 Å². The van der Waals surface area contributed by atoms with Crippen molar-refractivity contribution < 1.29 is 25.2 Å². The summed E-state index contributed by atoms with van der Waals surface area (Å²) in [5.41, 5.74) is 11.4. The van der Waals surface area contributed by atoms with E-state index in [-0.39, 0.29) is 51.8 Å². The van der Waals surface area contributed by atoms with Gasteiger partial charge < -0.3 is 31.1 Å². The second-order valence-electron chi connectivity index (χ2n) is 34.1. The number of hydrogen-bond acceptors (Lipinski definition) is 6. The molecule has 0 aromatic heterocycles. The molecule has 6 N–H and O–H groups in total. The van der Waals surface area contributed by atoms with Crippen LogP contribution in [0.25, 0.3) is 17.2 Å². The molecule has 6 saturated carbocycles. The number of aryl methyl sites for hydroxylation is 1. The van der Waals surface area contributed by atoms with Crippen LogP contribution in [0.1, 0.15) is 198 Å². The van der Waals surface area contributed by atoms with Crippen LogP contribution in [0.15, 0.2) is 155 Å². The number of benzene rings is 3. The number of carboxylic acid groups (broad SMARTS) is 1. The average molecular weight is 1250 g/mol. The summed E-state index contributed by atoms with van der Waals surface area (Å²) in [7, 11) is 0. The molecule has 3 aromatic carbocycles. The number of carboxylic acids is 1. The normalized spacial score (nSPS) is 41.7. The number of hydrogen-bond donors (Lipinski definition) is 6. The summed E-state index contributed by atoms with van der Waals surface area (Å²) < 4.78 is 0. The Labute approximate surface area is 555 Å². The van der Waals surface area contributed by atoms with Crippen LogP contribution >= 0.6 is 0 Å². The highest BCUT2D eigenvalue weighted by atomic mass is 16.4. The molecule has 17 unspecified atom stereocenters. The number of aliphatic hydroxyl groups is 3. The van der Waals surface area contributed by atoms with Crippen LogP contribution in [0.3, 0.4) is 0 Å². The molecule has 17 atom stereocenters. The van der Waals surface area contributed by atoms with E-state index >= 15 is 4.79 Å². The van der Waals surface area contributed by atoms with Gasteiger partial charge in [0.05, 0.1) is 30.2 Å². The zero-order chi connectivity index (χ0) is 63.3. The molecule has 18 aliphatic rings. The molecule has 490 valence electrons. The minimum absolute atomic E-state index is 0.0741. The van der Waals surface area contributed by atoms with Crippen molar-refractivity contribution in [2.45, 2.75) is 206 Å². The van der Waals surface area contributed by atoms with Crippen molar-refractivity contribution in [1.29, 1.82) is 0 Å². The monoisotopic (exact) mass is 1250 g/mol. The van der Waals surface area contributed by atoms with E-state index in [0.29, 0.717) is 30.6 Å². The molecule has 12 aliphatic carbocycles. The molecule has 93 heavy (non-hydrogen) atoms. The number of dihydropyridines is 1. The number of nitrogens with one attached hydrogen (secondary N) is 2. The molecular weight excluding hydrogens is 1140 g/mol. The van der Waals surface area contributed by atoms with Crippen molar-refractivity contribution in [1.82, 2.24) is 10.6 Å². The zero-order valence-electron chi connectivity index (χ0n) is 56.3. The van der Waals surface area contributed by atoms with Gasteiger partial charge in [-0.25, -0.2) is 0 Å². The minimum Gasteiger partial charge on any atom is -0.516 e. The quantitative estimate of drug-likeness (QED) is 0.103. The lowest BCUT2D eigenvalue weighted by atomic mass is 9.28. The Morgan fingerprint density at radius 3 is 2.45 bits per heavy atom. The number of aliphatic carboxylic acids is 1. The summed E-state index contributed by atoms with van der Waals surface area (Å²) in [6, 6.07) is 30.0. The van der Waals surface area contributed by atoms with E-state index in [1.54, 1.807) is 16.7 Å². The lowest BCUT2D eigenvalue weighted by Gasteiger charge is -2.75. The molecule has 0 radical (unpaired) electrons. The molecule has 21 rings (SSSR count). The first-order valence-electron chi connectivity index (χ1n) is 37.8. The van der Waals surface area contributed by atoms with E-state index < -0.39 is 45.8 Å². The maximum Gasteiger partial charge on any atom is 0.307 e. The molecule has 6 aliphatic heterocycles. The van der Waals surface area contributed by atoms with Gasteiger partial charge in [-0.15, -0.1) is 0 Å². The highest BCUT2D eigenvalue weighted by molar-refractivity contribution is 5.78. The predicted molar refractivity (Wildman–Crippen MR) is 373 cm³/mol. The van der Waals surface area contributed by atoms with Gasteiger partial charge in [-0.3, -0.25) is 4.79 Å². The van der Waals surface area contributed by atoms with Gasteiger partial charge in [0.15, 0.2) is 0 Å². The van der Waals surface area contributed by atoms with Gasteiger partial charge in [-0.05, 0) is 261 Å². The second-order valence-corrected chi connectivity index (χ2v) is 34.1. The molecule has 0 saturated heterocycles. The number of rotatable bonds is 7. The minimum atomic E-state index is -1.01. The van der Waals surface area contributed by atoms with E-state index in [4.69, 9.17) is 0 Å². The fourth-order valence-corrected chi connectivity index (χ4v) is 27.2. The SMILES string of the molecule is CC(C)CC1=CCC2(C)C(O)CCC34C5=C6CC1(C=C1C(=c7ccccc7=CC13)Cc1cccc(c1)C1=CC=C(NCCCC(C3CCCCC3)C(=CO)CCC(C(=O)O)C37C=CC8C(CCC89CCC(CCc8ccccc8)C9)C68C(CCCC38CC5)C7O)NC1)C24. The fraction of sp³-hybridized carbons (Fsp3) is 0.593. The zero-order valence-corrected chi connectivity index (χ0v) is 56.3. The fourth-order valence-electron chi connectivity index (χ4n) is 27.2. The van der Waals surface area contributed by atoms with Crippen LogP contribution < -0.4 is 21.1 Å². The van der Waals surface area contributed by atoms with E-state index in [2.05, 4.69) is 153 Å². The van der Waals surface area contributed by atoms with Crippen molar-refractivity contribution in [2.24, 2.45) is 97.1 Å². The van der Waals surface area contributed by atoms with Gasteiger partial charge in [-0.1, -0.05) is 178 Å². The van der Waals surface area contributed by atoms with Crippen LogP contribution in [0.4, 0.5) is 0 Å². The Hall–Kier alpha value is -5.63. The first-order chi connectivity index (χ1) is 45.2. The maximum absolute atomic E-state index is 15.5. The first kappa shape index (κ1) is 61.0. The lowest BCUT2D eigenvalue weighted by molar-refractivity contribution is -0.178. The van der Waals surface area contributed by atoms with Crippen LogP contribution in [0, 0.1) is 97.1 Å². The molecule has 0 amide bonds. The second kappa shape index (κ2) is 22.7. The van der Waals surface area contributed by atoms with Crippen molar-refractivity contribution in [3.05, 3.63) is 182 Å². The Morgan fingerprint density at radius 2 is 1.63 bits per heavy atom. The van der Waals surface area contributed by atoms with Gasteiger partial charge >= 0.3 is 5.97 Å². The summed E-state index contributed by atoms with van der Waals surface area (Å²) in [6.45, 7) is 8.93. The summed E-state index contributed by atoms with van der Waals surface area (Å²) >= 11 is 0. The highest BCUT2D eigenvalue weighted by Gasteiger charge is 2.85. The van der Waals surface area contributed by atoms with Crippen LogP contribution in [0.5, 0.6) is 0 Å². The Morgan fingerprint density at radius 1 is 0.796 bits per heavy atom. The predicted octanol–water partition coefficient (Wildman–Crippen LogP) is 16.5. The van der Waals surface area contributed by atoms with E-state index in [0.717, 1.165) is 134 Å². The first-order valence-corrected chi connectivity index (χ1v) is 37.8. The lowest BCUT2D eigenvalue weighted by Crippen LogP contribution is -2.70. The summed E-state index contributed by atoms with van der Waals surface area (Å²) in [4.78, 5) is 15.5. The summed E-state index contributed by atoms with van der Waals surface area (Å²) in [5, 5.41) is 62.5. The van der Waals surface area contributed by atoms with Crippen LogP contribution in [-0.4, -0.2) is 51.7 Å². The largest absolute Gasteiger partial charge is 0.516 e. The van der Waals surface area contributed by atoms with Crippen LogP contribution in [0.2, 0.25) is 0 Å². The average Bonchev–Trinajstić information content (AvgIpc) is 1.57. The molecule has 6 fully saturated rings. The highest BCUT2D eigenvalue weighted by Crippen LogP contribution is 2.89. The number of aliphatic hydroxyl groups excluding tert-OH is 3. The third-order valence-electron chi connectivity index (χ3n) is 30.2. The van der Waals surface area contributed by atoms with Crippen LogP contribution in [-0.2, 0) is 17.6 Å². The van der Waals surface area contributed by atoms with Gasteiger partial charge in [-0.2, -0.15) is 0 Å². The van der Waals surface area contributed by atoms with Crippen molar-refractivity contribution in [3.63, 3.8) is 0 Å². The van der Waals surface area contributed by atoms with Crippen molar-refractivity contribution in [3.8, 4) is 0 Å². The van der Waals surface area contributed by atoms with Gasteiger partial charge in [0, 0.05) is 46.1 Å². The smallest absolute Gasteiger partial charge is 0.307 e. The molecule has 6 heterocycles. The van der Waals surface area contributed by atoms with Gasteiger partial charge in [0.25, 0.3) is 0 Å². The van der Waals surface area contributed by atoms with E-state index in [1.165, 1.54) is 101 Å². The number of allylic oxidation sites excluding steroid dienone is 10. The maximum atomic E-state index is 15.5. The Bertz CT molecular complexity index is 3860. The topological polar surface area (TPSA) is 122 Å². The summed E-state index contributed by atoms with van der Waals surface area (Å²) in [5.74, 6) is 1.90. The van der Waals surface area contributed by atoms with Crippen molar-refractivity contribution >= 4 is 23.2 Å². The molecule has 7 nitrogen and oxygen atoms in total. The third-order valence-corrected chi connectivity index (χ3v) is 30.2. The number of fused-ring (bicyclic) bond motifs is 3. The molecule has 7 heteroatoms. The number of carbonyl (C=O) groups is 1. The molecule has 4 spiro atoms. The molecule has 3 aromatic rings. The standard InChI is InChI=1S/C86H106N2O5/c1-54(2)45-63-32-38-80(3)75(90)36-42-84-69-34-41-83-37-13-24-71-77(91)85(83)43-35-68-70(33-40-81(68)39-31-56(49-81)26-25-55-15-6-4-7-16-55)86(71,83)74(69)51-82(63,79(80)84)50-67-66(65-22-11-10-20-60(65)48-73(67)84)47-57-17-12-21-59(46-57)61-28-30-76(88-52-61)87-44-14-23-64(58-18-8-5-9-19-58)62(53-89)27-29-72(85)78(92)93/h4,6-7,10-12,15-17,20-22,28,30,32,35,43,46,48,50,53-54,56,58,64,68,70-73,75,77,79,87-91H,5,8-9,13-14,18-19,23-27,29,31,33-34,36-42,44-45,47,49,51-52H2,1-3H3,(H,92,93).